The molecule has 0 unspecified atom stereocenters. The Morgan fingerprint density at radius 2 is 1.88 bits per heavy atom. The normalized spacial score (nSPS) is 10.9. The highest BCUT2D eigenvalue weighted by molar-refractivity contribution is 5.26. The van der Waals surface area contributed by atoms with Gasteiger partial charge in [-0.2, -0.15) is 4.98 Å². The first-order valence-electron chi connectivity index (χ1n) is 5.80. The molecule has 0 aliphatic rings. The topological polar surface area (TPSA) is 60.1 Å². The minimum atomic E-state index is -0.485. The van der Waals surface area contributed by atoms with E-state index in [1.54, 1.807) is 37.4 Å². The summed E-state index contributed by atoms with van der Waals surface area (Å²) >= 11 is 0. The van der Waals surface area contributed by atoms with Crippen LogP contribution >= 0.6 is 0 Å². The summed E-state index contributed by atoms with van der Waals surface area (Å²) in [6.45, 7) is 6.15. The molecular weight excluding hydrogens is 220 g/mol. The van der Waals surface area contributed by atoms with Crippen molar-refractivity contribution >= 4 is 5.95 Å². The Morgan fingerprint density at radius 3 is 2.29 bits per heavy atom. The van der Waals surface area contributed by atoms with Gasteiger partial charge >= 0.3 is 11.4 Å². The van der Waals surface area contributed by atoms with E-state index in [4.69, 9.17) is 0 Å². The summed E-state index contributed by atoms with van der Waals surface area (Å²) in [6, 6.07) is -0.179. The lowest BCUT2D eigenvalue weighted by molar-refractivity contribution is 0.479. The fraction of sp³-hybridized carbons (Fsp3) is 0.727. The second kappa shape index (κ2) is 5.16. The standard InChI is InChI=1S/C11H20N4O2/c1-6-7-14-9(13(4)5)12-10(16)15(8(2)3)11(14)17/h8H,6-7H2,1-5H3. The van der Waals surface area contributed by atoms with E-state index < -0.39 is 5.69 Å². The van der Waals surface area contributed by atoms with Gasteiger partial charge < -0.3 is 4.90 Å². The van der Waals surface area contributed by atoms with Crippen LogP contribution in [0.15, 0.2) is 9.59 Å². The van der Waals surface area contributed by atoms with Gasteiger partial charge in [0.1, 0.15) is 0 Å². The van der Waals surface area contributed by atoms with Crippen molar-refractivity contribution in [1.82, 2.24) is 14.1 Å². The second-order valence-corrected chi connectivity index (χ2v) is 4.49. The van der Waals surface area contributed by atoms with Crippen molar-refractivity contribution in [3.63, 3.8) is 0 Å². The van der Waals surface area contributed by atoms with E-state index in [0.717, 1.165) is 6.42 Å². The van der Waals surface area contributed by atoms with Gasteiger partial charge in [-0.3, -0.25) is 4.57 Å². The predicted molar refractivity (Wildman–Crippen MR) is 67.8 cm³/mol. The molecule has 0 aliphatic carbocycles. The molecule has 0 saturated heterocycles. The molecule has 0 aliphatic heterocycles. The first-order chi connectivity index (χ1) is 7.90. The van der Waals surface area contributed by atoms with Crippen LogP contribution in [0, 0.1) is 0 Å². The van der Waals surface area contributed by atoms with Crippen molar-refractivity contribution in [2.45, 2.75) is 39.8 Å². The Balaban J connectivity index is 3.58. The Hall–Kier alpha value is -1.59. The molecule has 1 heterocycles. The maximum Gasteiger partial charge on any atom is 0.355 e. The molecular formula is C11H20N4O2. The average Bonchev–Trinajstić information content (AvgIpc) is 2.21. The molecule has 6 nitrogen and oxygen atoms in total. The fourth-order valence-corrected chi connectivity index (χ4v) is 1.70. The highest BCUT2D eigenvalue weighted by Gasteiger charge is 2.15. The zero-order valence-corrected chi connectivity index (χ0v) is 11.1. The van der Waals surface area contributed by atoms with Crippen molar-refractivity contribution in [3.8, 4) is 0 Å². The first-order valence-corrected chi connectivity index (χ1v) is 5.80. The van der Waals surface area contributed by atoms with Crippen LogP contribution in [0.3, 0.4) is 0 Å². The molecule has 1 aromatic rings. The van der Waals surface area contributed by atoms with Crippen LogP contribution in [0.2, 0.25) is 0 Å². The number of aromatic nitrogens is 3. The van der Waals surface area contributed by atoms with Gasteiger partial charge in [0, 0.05) is 26.7 Å². The van der Waals surface area contributed by atoms with Crippen LogP contribution in [0.25, 0.3) is 0 Å². The number of hydrogen-bond acceptors (Lipinski definition) is 4. The molecule has 1 aromatic heterocycles. The quantitative estimate of drug-likeness (QED) is 0.767. The summed E-state index contributed by atoms with van der Waals surface area (Å²) in [5.74, 6) is 0.416. The molecule has 1 rings (SSSR count). The molecule has 0 aromatic carbocycles. The van der Waals surface area contributed by atoms with Gasteiger partial charge in [-0.25, -0.2) is 14.2 Å². The Bertz CT molecular complexity index is 499. The molecule has 0 amide bonds. The lowest BCUT2D eigenvalue weighted by Crippen LogP contribution is -2.44. The molecule has 0 saturated carbocycles. The number of hydrogen-bond donors (Lipinski definition) is 0. The third-order valence-corrected chi connectivity index (χ3v) is 2.44. The number of nitrogens with zero attached hydrogens (tertiary/aromatic N) is 4. The second-order valence-electron chi connectivity index (χ2n) is 4.49. The molecule has 96 valence electrons. The van der Waals surface area contributed by atoms with E-state index in [9.17, 15) is 9.59 Å². The van der Waals surface area contributed by atoms with Gasteiger partial charge in [0.15, 0.2) is 0 Å². The van der Waals surface area contributed by atoms with Crippen molar-refractivity contribution < 1.29 is 0 Å². The molecule has 0 atom stereocenters. The molecule has 0 bridgehead atoms. The van der Waals surface area contributed by atoms with E-state index in [2.05, 4.69) is 4.98 Å². The minimum absolute atomic E-state index is 0.179. The lowest BCUT2D eigenvalue weighted by atomic mass is 10.4. The largest absolute Gasteiger partial charge is 0.355 e. The Morgan fingerprint density at radius 1 is 1.29 bits per heavy atom. The Labute approximate surface area is 101 Å². The summed E-state index contributed by atoms with van der Waals surface area (Å²) in [7, 11) is 3.54. The minimum Gasteiger partial charge on any atom is -0.348 e. The summed E-state index contributed by atoms with van der Waals surface area (Å²) < 4.78 is 2.73. The van der Waals surface area contributed by atoms with Gasteiger partial charge in [-0.1, -0.05) is 6.92 Å². The highest BCUT2D eigenvalue weighted by atomic mass is 16.2. The van der Waals surface area contributed by atoms with Gasteiger partial charge in [0.2, 0.25) is 5.95 Å². The highest BCUT2D eigenvalue weighted by Crippen LogP contribution is 2.04. The maximum absolute atomic E-state index is 12.2. The fourth-order valence-electron chi connectivity index (χ4n) is 1.70. The maximum atomic E-state index is 12.2. The molecule has 0 spiro atoms. The van der Waals surface area contributed by atoms with Gasteiger partial charge in [-0.15, -0.1) is 0 Å². The van der Waals surface area contributed by atoms with E-state index >= 15 is 0 Å². The third-order valence-electron chi connectivity index (χ3n) is 2.44. The van der Waals surface area contributed by atoms with Gasteiger partial charge in [-0.05, 0) is 20.3 Å². The average molecular weight is 240 g/mol. The van der Waals surface area contributed by atoms with Crippen LogP contribution in [0.4, 0.5) is 5.95 Å². The van der Waals surface area contributed by atoms with E-state index in [1.165, 1.54) is 4.57 Å². The van der Waals surface area contributed by atoms with Crippen molar-refractivity contribution in [1.29, 1.82) is 0 Å². The van der Waals surface area contributed by atoms with E-state index in [-0.39, 0.29) is 11.7 Å². The third kappa shape index (κ3) is 2.57. The summed E-state index contributed by atoms with van der Waals surface area (Å²) in [4.78, 5) is 29.6. The van der Waals surface area contributed by atoms with Gasteiger partial charge in [0.25, 0.3) is 0 Å². The number of anilines is 1. The SMILES string of the molecule is CCCn1c(N(C)C)nc(=O)n(C(C)C)c1=O. The molecule has 0 fully saturated rings. The van der Waals surface area contributed by atoms with Crippen molar-refractivity contribution in [2.75, 3.05) is 19.0 Å². The number of rotatable bonds is 4. The monoisotopic (exact) mass is 240 g/mol. The van der Waals surface area contributed by atoms with Crippen molar-refractivity contribution in [3.05, 3.63) is 21.0 Å². The van der Waals surface area contributed by atoms with Crippen LogP contribution < -0.4 is 16.3 Å². The molecule has 6 heteroatoms. The lowest BCUT2D eigenvalue weighted by Gasteiger charge is -2.19. The zero-order valence-electron chi connectivity index (χ0n) is 11.1. The first kappa shape index (κ1) is 13.5. The van der Waals surface area contributed by atoms with Crippen molar-refractivity contribution in [2.24, 2.45) is 0 Å². The van der Waals surface area contributed by atoms with Gasteiger partial charge in [0.05, 0.1) is 0 Å². The van der Waals surface area contributed by atoms with Crippen LogP contribution in [0.5, 0.6) is 0 Å². The molecule has 17 heavy (non-hydrogen) atoms. The Kier molecular flexibility index (Phi) is 4.09. The van der Waals surface area contributed by atoms with Crippen LogP contribution in [0.1, 0.15) is 33.2 Å². The summed E-state index contributed by atoms with van der Waals surface area (Å²) in [5.41, 5.74) is -0.772. The molecule has 0 radical (unpaired) electrons. The van der Waals surface area contributed by atoms with E-state index in [0.29, 0.717) is 12.5 Å². The van der Waals surface area contributed by atoms with Crippen LogP contribution in [-0.4, -0.2) is 28.2 Å². The zero-order chi connectivity index (χ0) is 13.2. The summed E-state index contributed by atoms with van der Waals surface area (Å²) in [5, 5.41) is 0. The summed E-state index contributed by atoms with van der Waals surface area (Å²) in [6.07, 6.45) is 0.818. The molecule has 0 N–H and O–H groups in total. The van der Waals surface area contributed by atoms with Crippen LogP contribution in [-0.2, 0) is 6.54 Å². The smallest absolute Gasteiger partial charge is 0.348 e. The van der Waals surface area contributed by atoms with E-state index in [1.807, 2.05) is 6.92 Å². The predicted octanol–water partition coefficient (Wildman–Crippen LogP) is 0.462.